The molecule has 2 aromatic rings. The van der Waals surface area contributed by atoms with E-state index in [0.29, 0.717) is 12.2 Å². The highest BCUT2D eigenvalue weighted by Gasteiger charge is 2.50. The maximum absolute atomic E-state index is 13.1. The maximum Gasteiger partial charge on any atom is 0.141 e. The predicted molar refractivity (Wildman–Crippen MR) is 84.4 cm³/mol. The molecule has 2 bridgehead atoms. The largest absolute Gasteiger partial charge is 0.323 e. The zero-order valence-electron chi connectivity index (χ0n) is 12.7. The van der Waals surface area contributed by atoms with Crippen LogP contribution in [0.1, 0.15) is 50.1 Å². The summed E-state index contributed by atoms with van der Waals surface area (Å²) in [4.78, 5) is 17.4. The molecule has 0 radical (unpaired) electrons. The highest BCUT2D eigenvalue weighted by atomic mass is 16.1. The second-order valence-electron chi connectivity index (χ2n) is 7.34. The number of hydrogen-bond acceptors (Lipinski definition) is 2. The summed E-state index contributed by atoms with van der Waals surface area (Å²) in [6.07, 6.45) is 10.4. The van der Waals surface area contributed by atoms with Gasteiger partial charge in [0.05, 0.1) is 24.3 Å². The third-order valence-corrected chi connectivity index (χ3v) is 6.31. The molecule has 2 fully saturated rings. The van der Waals surface area contributed by atoms with Gasteiger partial charge in [-0.05, 0) is 43.6 Å². The smallest absolute Gasteiger partial charge is 0.141 e. The summed E-state index contributed by atoms with van der Waals surface area (Å²) in [6, 6.07) is 8.61. The van der Waals surface area contributed by atoms with Gasteiger partial charge in [0.25, 0.3) is 0 Å². The van der Waals surface area contributed by atoms with Crippen LogP contribution in [0, 0.1) is 11.3 Å². The van der Waals surface area contributed by atoms with Gasteiger partial charge in [-0.25, -0.2) is 4.98 Å². The molecule has 3 heteroatoms. The summed E-state index contributed by atoms with van der Waals surface area (Å²) in [5.41, 5.74) is 3.70. The lowest BCUT2D eigenvalue weighted by Gasteiger charge is -2.27. The zero-order valence-corrected chi connectivity index (χ0v) is 12.7. The van der Waals surface area contributed by atoms with Crippen molar-refractivity contribution in [2.75, 3.05) is 0 Å². The molecule has 22 heavy (non-hydrogen) atoms. The van der Waals surface area contributed by atoms with Crippen LogP contribution in [0.15, 0.2) is 36.8 Å². The van der Waals surface area contributed by atoms with E-state index < -0.39 is 0 Å². The highest BCUT2D eigenvalue weighted by molar-refractivity contribution is 5.87. The quantitative estimate of drug-likeness (QED) is 0.857. The number of fused-ring (bicyclic) bond motifs is 5. The van der Waals surface area contributed by atoms with E-state index in [1.807, 2.05) is 12.5 Å². The number of nitrogens with zero attached hydrogens (tertiary/aromatic N) is 2. The molecule has 3 aliphatic rings. The van der Waals surface area contributed by atoms with Crippen LogP contribution in [-0.2, 0) is 4.79 Å². The fourth-order valence-corrected chi connectivity index (χ4v) is 5.12. The molecule has 2 aliphatic carbocycles. The van der Waals surface area contributed by atoms with Crippen molar-refractivity contribution in [3.05, 3.63) is 42.4 Å². The van der Waals surface area contributed by atoms with Crippen molar-refractivity contribution in [3.8, 4) is 11.3 Å². The standard InChI is InChI=1S/C19H20N2O/c22-18(19-7-5-13(10-19)6-8-19)9-16-14-3-1-2-4-15(14)17-11-20-12-21(16)17/h1-4,11-13,16H,5-10H2. The number of imidazole rings is 1. The topological polar surface area (TPSA) is 34.9 Å². The first kappa shape index (κ1) is 12.6. The van der Waals surface area contributed by atoms with E-state index in [9.17, 15) is 4.79 Å². The van der Waals surface area contributed by atoms with Gasteiger partial charge in [0, 0.05) is 17.4 Å². The lowest BCUT2D eigenvalue weighted by atomic mass is 9.77. The van der Waals surface area contributed by atoms with Gasteiger partial charge in [-0.1, -0.05) is 24.3 Å². The normalized spacial score (nSPS) is 31.3. The highest BCUT2D eigenvalue weighted by Crippen LogP contribution is 2.56. The second kappa shape index (κ2) is 4.31. The van der Waals surface area contributed by atoms with Gasteiger partial charge in [0.15, 0.2) is 0 Å². The molecule has 1 atom stereocenters. The van der Waals surface area contributed by atoms with Crippen LogP contribution in [0.25, 0.3) is 11.3 Å². The predicted octanol–water partition coefficient (Wildman–Crippen LogP) is 3.99. The molecule has 5 rings (SSSR count). The summed E-state index contributed by atoms with van der Waals surface area (Å²) in [7, 11) is 0. The number of carbonyl (C=O) groups is 1. The average Bonchev–Trinajstić information content (AvgIpc) is 3.30. The van der Waals surface area contributed by atoms with Crippen molar-refractivity contribution in [1.82, 2.24) is 9.55 Å². The molecule has 1 unspecified atom stereocenters. The first-order valence-electron chi connectivity index (χ1n) is 8.41. The van der Waals surface area contributed by atoms with Gasteiger partial charge in [-0.15, -0.1) is 0 Å². The minimum Gasteiger partial charge on any atom is -0.323 e. The molecule has 0 N–H and O–H groups in total. The number of benzene rings is 1. The lowest BCUT2D eigenvalue weighted by Crippen LogP contribution is -2.28. The second-order valence-corrected chi connectivity index (χ2v) is 7.34. The van der Waals surface area contributed by atoms with Crippen LogP contribution in [0.3, 0.4) is 0 Å². The molecule has 112 valence electrons. The van der Waals surface area contributed by atoms with Crippen molar-refractivity contribution in [1.29, 1.82) is 0 Å². The fraction of sp³-hybridized carbons (Fsp3) is 0.474. The molecule has 0 spiro atoms. The van der Waals surface area contributed by atoms with Crippen LogP contribution >= 0.6 is 0 Å². The summed E-state index contributed by atoms with van der Waals surface area (Å²) >= 11 is 0. The van der Waals surface area contributed by atoms with Gasteiger partial charge >= 0.3 is 0 Å². The maximum atomic E-state index is 13.1. The molecule has 0 saturated heterocycles. The Morgan fingerprint density at radius 1 is 1.27 bits per heavy atom. The molecule has 1 aromatic heterocycles. The third-order valence-electron chi connectivity index (χ3n) is 6.31. The van der Waals surface area contributed by atoms with Crippen LogP contribution in [-0.4, -0.2) is 15.3 Å². The first-order valence-corrected chi connectivity index (χ1v) is 8.41. The first-order chi connectivity index (χ1) is 10.8. The van der Waals surface area contributed by atoms with Gasteiger partial charge < -0.3 is 4.57 Å². The Bertz CT molecular complexity index is 752. The van der Waals surface area contributed by atoms with Gasteiger partial charge in [0.2, 0.25) is 0 Å². The monoisotopic (exact) mass is 292 g/mol. The minimum atomic E-state index is 0.0168. The number of rotatable bonds is 3. The van der Waals surface area contributed by atoms with E-state index in [4.69, 9.17) is 0 Å². The van der Waals surface area contributed by atoms with E-state index in [-0.39, 0.29) is 11.5 Å². The van der Waals surface area contributed by atoms with Crippen molar-refractivity contribution in [2.24, 2.45) is 11.3 Å². The number of ketones is 1. The van der Waals surface area contributed by atoms with Gasteiger partial charge in [-0.2, -0.15) is 0 Å². The molecular weight excluding hydrogens is 272 g/mol. The Hall–Kier alpha value is -1.90. The van der Waals surface area contributed by atoms with Gasteiger partial charge in [0.1, 0.15) is 5.78 Å². The van der Waals surface area contributed by atoms with Crippen molar-refractivity contribution in [2.45, 2.75) is 44.6 Å². The summed E-state index contributed by atoms with van der Waals surface area (Å²) in [5, 5.41) is 0. The Morgan fingerprint density at radius 2 is 2.09 bits per heavy atom. The van der Waals surface area contributed by atoms with Crippen LogP contribution < -0.4 is 0 Å². The number of Topliss-reactive ketones (excluding diaryl/α,β-unsaturated/α-hetero) is 1. The van der Waals surface area contributed by atoms with E-state index in [2.05, 4.69) is 33.8 Å². The average molecular weight is 292 g/mol. The lowest BCUT2D eigenvalue weighted by molar-refractivity contribution is -0.128. The summed E-state index contributed by atoms with van der Waals surface area (Å²) in [5.74, 6) is 1.32. The zero-order chi connectivity index (χ0) is 14.7. The number of hydrogen-bond donors (Lipinski definition) is 0. The van der Waals surface area contributed by atoms with Crippen molar-refractivity contribution >= 4 is 5.78 Å². The molecule has 0 amide bonds. The molecule has 2 saturated carbocycles. The van der Waals surface area contributed by atoms with Gasteiger partial charge in [-0.3, -0.25) is 4.79 Å². The summed E-state index contributed by atoms with van der Waals surface area (Å²) in [6.45, 7) is 0. The number of carbonyl (C=O) groups excluding carboxylic acids is 1. The molecule has 1 aromatic carbocycles. The fourth-order valence-electron chi connectivity index (χ4n) is 5.12. The molecule has 1 aliphatic heterocycles. The third kappa shape index (κ3) is 1.57. The van der Waals surface area contributed by atoms with Crippen molar-refractivity contribution < 1.29 is 4.79 Å². The number of aromatic nitrogens is 2. The molecule has 3 nitrogen and oxygen atoms in total. The van der Waals surface area contributed by atoms with Crippen molar-refractivity contribution in [3.63, 3.8) is 0 Å². The Labute approximate surface area is 130 Å². The van der Waals surface area contributed by atoms with E-state index >= 15 is 0 Å². The van der Waals surface area contributed by atoms with Crippen LogP contribution in [0.4, 0.5) is 0 Å². The SMILES string of the molecule is O=C(CC1c2ccccc2-c2cncn21)C12CCC(CC1)C2. The summed E-state index contributed by atoms with van der Waals surface area (Å²) < 4.78 is 2.20. The molecular formula is C19H20N2O. The van der Waals surface area contributed by atoms with E-state index in [0.717, 1.165) is 30.9 Å². The van der Waals surface area contributed by atoms with Crippen LogP contribution in [0.2, 0.25) is 0 Å². The minimum absolute atomic E-state index is 0.0168. The molecule has 2 heterocycles. The Balaban J connectivity index is 1.50. The van der Waals surface area contributed by atoms with E-state index in [1.54, 1.807) is 0 Å². The Kier molecular flexibility index (Phi) is 2.47. The van der Waals surface area contributed by atoms with E-state index in [1.165, 1.54) is 24.0 Å². The Morgan fingerprint density at radius 3 is 2.86 bits per heavy atom. The van der Waals surface area contributed by atoms with Crippen LogP contribution in [0.5, 0.6) is 0 Å².